The lowest BCUT2D eigenvalue weighted by atomic mass is 10.1. The van der Waals surface area contributed by atoms with Gasteiger partial charge in [0.25, 0.3) is 0 Å². The fraction of sp³-hybridized carbons (Fsp3) is 0.458. The Balaban J connectivity index is 1.95. The van der Waals surface area contributed by atoms with Crippen molar-refractivity contribution < 1.29 is 14.3 Å². The molecule has 4 heteroatoms. The van der Waals surface area contributed by atoms with E-state index >= 15 is 0 Å². The maximum absolute atomic E-state index is 12.6. The van der Waals surface area contributed by atoms with Gasteiger partial charge >= 0.3 is 0 Å². The van der Waals surface area contributed by atoms with E-state index in [4.69, 9.17) is 9.47 Å². The molecule has 2 aromatic carbocycles. The number of amides is 1. The zero-order valence-electron chi connectivity index (χ0n) is 17.4. The summed E-state index contributed by atoms with van der Waals surface area (Å²) >= 11 is 0. The van der Waals surface area contributed by atoms with Crippen molar-refractivity contribution in [1.82, 2.24) is 4.90 Å². The summed E-state index contributed by atoms with van der Waals surface area (Å²) < 4.78 is 11.4. The van der Waals surface area contributed by atoms with Crippen molar-refractivity contribution >= 4 is 5.91 Å². The van der Waals surface area contributed by atoms with Crippen molar-refractivity contribution in [3.8, 4) is 11.5 Å². The van der Waals surface area contributed by atoms with Gasteiger partial charge in [-0.15, -0.1) is 0 Å². The number of benzene rings is 2. The highest BCUT2D eigenvalue weighted by atomic mass is 16.5. The van der Waals surface area contributed by atoms with Crippen LogP contribution in [0.4, 0.5) is 0 Å². The molecule has 0 bridgehead atoms. The van der Waals surface area contributed by atoms with Crippen molar-refractivity contribution in [2.24, 2.45) is 0 Å². The van der Waals surface area contributed by atoms with E-state index < -0.39 is 0 Å². The molecule has 0 aliphatic carbocycles. The molecule has 0 unspecified atom stereocenters. The molecule has 2 aromatic rings. The average Bonchev–Trinajstić information content (AvgIpc) is 2.72. The Labute approximate surface area is 169 Å². The van der Waals surface area contributed by atoms with Crippen LogP contribution in [0, 0.1) is 0 Å². The Morgan fingerprint density at radius 3 is 2.29 bits per heavy atom. The van der Waals surface area contributed by atoms with Crippen molar-refractivity contribution in [3.05, 3.63) is 59.7 Å². The summed E-state index contributed by atoms with van der Waals surface area (Å²) in [6.45, 7) is 6.44. The van der Waals surface area contributed by atoms with Crippen LogP contribution in [0.3, 0.4) is 0 Å². The molecule has 0 aliphatic heterocycles. The van der Waals surface area contributed by atoms with Gasteiger partial charge in [-0.05, 0) is 48.9 Å². The normalized spacial score (nSPS) is 10.5. The fourth-order valence-electron chi connectivity index (χ4n) is 3.23. The van der Waals surface area contributed by atoms with Gasteiger partial charge in [-0.3, -0.25) is 4.79 Å². The predicted octanol–water partition coefficient (Wildman–Crippen LogP) is 4.90. The van der Waals surface area contributed by atoms with Crippen LogP contribution in [0.5, 0.6) is 11.5 Å². The maximum atomic E-state index is 12.6. The molecular formula is C24H33NO3. The van der Waals surface area contributed by atoms with E-state index in [0.29, 0.717) is 24.5 Å². The first-order valence-electron chi connectivity index (χ1n) is 10.3. The number of rotatable bonds is 12. The summed E-state index contributed by atoms with van der Waals surface area (Å²) in [4.78, 5) is 14.6. The summed E-state index contributed by atoms with van der Waals surface area (Å²) in [5.41, 5.74) is 2.27. The van der Waals surface area contributed by atoms with Gasteiger partial charge in [0.05, 0.1) is 20.1 Å². The van der Waals surface area contributed by atoms with Crippen molar-refractivity contribution in [3.63, 3.8) is 0 Å². The van der Waals surface area contributed by atoms with E-state index in [9.17, 15) is 4.79 Å². The predicted molar refractivity (Wildman–Crippen MR) is 114 cm³/mol. The van der Waals surface area contributed by atoms with Crippen LogP contribution in [0.25, 0.3) is 0 Å². The molecule has 4 nitrogen and oxygen atoms in total. The highest BCUT2D eigenvalue weighted by Crippen LogP contribution is 2.28. The number of carbonyl (C=O) groups excluding carboxylic acids is 1. The molecule has 0 saturated carbocycles. The molecule has 0 spiro atoms. The van der Waals surface area contributed by atoms with E-state index in [1.807, 2.05) is 29.2 Å². The summed E-state index contributed by atoms with van der Waals surface area (Å²) in [6.07, 6.45) is 4.25. The lowest BCUT2D eigenvalue weighted by Gasteiger charge is -2.21. The lowest BCUT2D eigenvalue weighted by Crippen LogP contribution is -2.33. The Morgan fingerprint density at radius 1 is 0.929 bits per heavy atom. The molecule has 0 N–H and O–H groups in total. The quantitative estimate of drug-likeness (QED) is 0.490. The maximum Gasteiger partial charge on any atom is 0.226 e. The second kappa shape index (κ2) is 12.1. The third-order valence-electron chi connectivity index (χ3n) is 4.63. The van der Waals surface area contributed by atoms with Gasteiger partial charge in [-0.1, -0.05) is 50.2 Å². The van der Waals surface area contributed by atoms with Crippen molar-refractivity contribution in [2.75, 3.05) is 26.8 Å². The zero-order valence-corrected chi connectivity index (χ0v) is 17.4. The molecule has 0 radical (unpaired) electrons. The van der Waals surface area contributed by atoms with Crippen LogP contribution >= 0.6 is 0 Å². The van der Waals surface area contributed by atoms with Gasteiger partial charge in [-0.2, -0.15) is 0 Å². The molecular weight excluding hydrogens is 350 g/mol. The fourth-order valence-corrected chi connectivity index (χ4v) is 3.23. The Hall–Kier alpha value is -2.49. The first kappa shape index (κ1) is 21.8. The molecule has 2 rings (SSSR count). The van der Waals surface area contributed by atoms with Crippen LogP contribution < -0.4 is 9.47 Å². The zero-order chi connectivity index (χ0) is 20.2. The van der Waals surface area contributed by atoms with Gasteiger partial charge in [0.1, 0.15) is 0 Å². The van der Waals surface area contributed by atoms with Crippen LogP contribution in [-0.2, 0) is 17.6 Å². The molecule has 0 fully saturated rings. The van der Waals surface area contributed by atoms with Crippen LogP contribution in [0.15, 0.2) is 48.5 Å². The minimum atomic E-state index is 0.170. The number of hydrogen-bond donors (Lipinski definition) is 0. The van der Waals surface area contributed by atoms with E-state index in [1.54, 1.807) is 7.11 Å². The number of nitrogens with zero attached hydrogens (tertiary/aromatic N) is 1. The highest BCUT2D eigenvalue weighted by Gasteiger charge is 2.14. The van der Waals surface area contributed by atoms with Crippen molar-refractivity contribution in [1.29, 1.82) is 0 Å². The summed E-state index contributed by atoms with van der Waals surface area (Å²) in [5.74, 6) is 1.58. The van der Waals surface area contributed by atoms with Crippen LogP contribution in [0.1, 0.15) is 44.2 Å². The van der Waals surface area contributed by atoms with Crippen molar-refractivity contribution in [2.45, 2.75) is 46.0 Å². The smallest absolute Gasteiger partial charge is 0.226 e. The van der Waals surface area contributed by atoms with E-state index in [-0.39, 0.29) is 5.91 Å². The van der Waals surface area contributed by atoms with Gasteiger partial charge < -0.3 is 14.4 Å². The number of hydrogen-bond acceptors (Lipinski definition) is 3. The van der Waals surface area contributed by atoms with E-state index in [0.717, 1.165) is 44.3 Å². The second-order valence-corrected chi connectivity index (χ2v) is 6.98. The molecule has 0 atom stereocenters. The van der Waals surface area contributed by atoms with Gasteiger partial charge in [-0.25, -0.2) is 0 Å². The van der Waals surface area contributed by atoms with Gasteiger partial charge in [0, 0.05) is 13.1 Å². The number of aryl methyl sites for hydroxylation is 1. The van der Waals surface area contributed by atoms with Gasteiger partial charge in [0.15, 0.2) is 11.5 Å². The highest BCUT2D eigenvalue weighted by molar-refractivity contribution is 5.79. The first-order valence-corrected chi connectivity index (χ1v) is 10.3. The molecule has 0 saturated heterocycles. The molecule has 0 aromatic heterocycles. The minimum absolute atomic E-state index is 0.170. The SMILES string of the molecule is CCCN(CCC)C(=O)Cc1ccc(OC)c(OCCCc2ccccc2)c1. The Bertz CT molecular complexity index is 709. The summed E-state index contributed by atoms with van der Waals surface area (Å²) in [6, 6.07) is 16.2. The first-order chi connectivity index (χ1) is 13.7. The number of methoxy groups -OCH3 is 1. The molecule has 0 aliphatic rings. The monoisotopic (exact) mass is 383 g/mol. The third kappa shape index (κ3) is 6.91. The molecule has 28 heavy (non-hydrogen) atoms. The average molecular weight is 384 g/mol. The molecule has 1 amide bonds. The van der Waals surface area contributed by atoms with Gasteiger partial charge in [0.2, 0.25) is 5.91 Å². The van der Waals surface area contributed by atoms with E-state index in [1.165, 1.54) is 5.56 Å². The minimum Gasteiger partial charge on any atom is -0.493 e. The van der Waals surface area contributed by atoms with Crippen LogP contribution in [-0.4, -0.2) is 37.6 Å². The van der Waals surface area contributed by atoms with E-state index in [2.05, 4.69) is 38.1 Å². The lowest BCUT2D eigenvalue weighted by molar-refractivity contribution is -0.130. The summed E-state index contributed by atoms with van der Waals surface area (Å²) in [5, 5.41) is 0. The molecule has 152 valence electrons. The second-order valence-electron chi connectivity index (χ2n) is 6.98. The summed E-state index contributed by atoms with van der Waals surface area (Å²) in [7, 11) is 1.64. The largest absolute Gasteiger partial charge is 0.493 e. The topological polar surface area (TPSA) is 38.8 Å². The number of carbonyl (C=O) groups is 1. The standard InChI is InChI=1S/C24H33NO3/c1-4-15-25(16-5-2)24(26)19-21-13-14-22(27-3)23(18-21)28-17-9-12-20-10-7-6-8-11-20/h6-8,10-11,13-14,18H,4-5,9,12,15-17,19H2,1-3H3. The Kier molecular flexibility index (Phi) is 9.40. The Morgan fingerprint density at radius 2 is 1.64 bits per heavy atom. The number of ether oxygens (including phenoxy) is 2. The molecule has 0 heterocycles. The van der Waals surface area contributed by atoms with Crippen LogP contribution in [0.2, 0.25) is 0 Å². The third-order valence-corrected chi connectivity index (χ3v) is 4.63.